The first-order valence-corrected chi connectivity index (χ1v) is 5.03. The lowest BCUT2D eigenvalue weighted by atomic mass is 10.2. The summed E-state index contributed by atoms with van der Waals surface area (Å²) in [5, 5.41) is 8.62. The highest BCUT2D eigenvalue weighted by Gasteiger charge is 2.03. The highest BCUT2D eigenvalue weighted by molar-refractivity contribution is 4.57. The number of hydrogen-bond donors (Lipinski definition) is 1. The normalized spacial score (nSPS) is 11.5. The maximum Gasteiger partial charge on any atom is 0.0431 e. The molecule has 0 aliphatic heterocycles. The molecule has 2 heteroatoms. The molecule has 0 aliphatic rings. The average Bonchev–Trinajstić information content (AvgIpc) is 2.02. The number of aliphatic hydroxyl groups excluding tert-OH is 1. The quantitative estimate of drug-likeness (QED) is 0.593. The van der Waals surface area contributed by atoms with Gasteiger partial charge in [-0.1, -0.05) is 20.8 Å². The number of rotatable bonds is 7. The van der Waals surface area contributed by atoms with Crippen molar-refractivity contribution >= 4 is 0 Å². The Morgan fingerprint density at radius 3 is 2.33 bits per heavy atom. The maximum atomic E-state index is 8.62. The molecule has 12 heavy (non-hydrogen) atoms. The van der Waals surface area contributed by atoms with Crippen LogP contribution in [0.5, 0.6) is 0 Å². The standard InChI is InChI=1S/C10H23NO/c1-4-11(9-10(2)3)7-5-6-8-12/h10,12H,4-9H2,1-3H3. The van der Waals surface area contributed by atoms with E-state index in [2.05, 4.69) is 25.7 Å². The Balaban J connectivity index is 3.39. The summed E-state index contributed by atoms with van der Waals surface area (Å²) < 4.78 is 0. The zero-order valence-electron chi connectivity index (χ0n) is 8.71. The molecule has 0 aliphatic carbocycles. The number of aliphatic hydroxyl groups is 1. The fourth-order valence-corrected chi connectivity index (χ4v) is 1.34. The molecule has 0 spiro atoms. The van der Waals surface area contributed by atoms with Crippen molar-refractivity contribution in [1.29, 1.82) is 0 Å². The Morgan fingerprint density at radius 1 is 1.25 bits per heavy atom. The second-order valence-electron chi connectivity index (χ2n) is 3.72. The van der Waals surface area contributed by atoms with Gasteiger partial charge in [-0.25, -0.2) is 0 Å². The van der Waals surface area contributed by atoms with Crippen LogP contribution in [-0.2, 0) is 0 Å². The molecular weight excluding hydrogens is 150 g/mol. The van der Waals surface area contributed by atoms with Crippen LogP contribution in [0.15, 0.2) is 0 Å². The Morgan fingerprint density at radius 2 is 1.92 bits per heavy atom. The predicted molar refractivity (Wildman–Crippen MR) is 53.3 cm³/mol. The van der Waals surface area contributed by atoms with E-state index >= 15 is 0 Å². The zero-order valence-corrected chi connectivity index (χ0v) is 8.71. The molecule has 0 aromatic heterocycles. The van der Waals surface area contributed by atoms with E-state index in [1.54, 1.807) is 0 Å². The monoisotopic (exact) mass is 173 g/mol. The molecule has 1 N–H and O–H groups in total. The Bertz CT molecular complexity index is 93.8. The topological polar surface area (TPSA) is 23.5 Å². The van der Waals surface area contributed by atoms with Gasteiger partial charge < -0.3 is 10.0 Å². The van der Waals surface area contributed by atoms with Crippen LogP contribution in [0.3, 0.4) is 0 Å². The lowest BCUT2D eigenvalue weighted by molar-refractivity contribution is 0.231. The molecule has 0 unspecified atom stereocenters. The van der Waals surface area contributed by atoms with Gasteiger partial charge in [0.05, 0.1) is 0 Å². The third-order valence-corrected chi connectivity index (χ3v) is 1.95. The van der Waals surface area contributed by atoms with Crippen molar-refractivity contribution in [3.63, 3.8) is 0 Å². The molecule has 2 nitrogen and oxygen atoms in total. The average molecular weight is 173 g/mol. The van der Waals surface area contributed by atoms with Gasteiger partial charge in [-0.2, -0.15) is 0 Å². The zero-order chi connectivity index (χ0) is 9.40. The van der Waals surface area contributed by atoms with Crippen LogP contribution in [0.25, 0.3) is 0 Å². The summed E-state index contributed by atoms with van der Waals surface area (Å²) in [5.41, 5.74) is 0. The summed E-state index contributed by atoms with van der Waals surface area (Å²) in [6.45, 7) is 10.5. The Labute approximate surface area is 76.6 Å². The van der Waals surface area contributed by atoms with Gasteiger partial charge in [0, 0.05) is 13.2 Å². The summed E-state index contributed by atoms with van der Waals surface area (Å²) in [7, 11) is 0. The van der Waals surface area contributed by atoms with Gasteiger partial charge in [-0.3, -0.25) is 0 Å². The van der Waals surface area contributed by atoms with Crippen LogP contribution in [0.4, 0.5) is 0 Å². The van der Waals surface area contributed by atoms with Crippen LogP contribution >= 0.6 is 0 Å². The molecule has 0 rings (SSSR count). The number of hydrogen-bond acceptors (Lipinski definition) is 2. The molecule has 0 saturated carbocycles. The maximum absolute atomic E-state index is 8.62. The third-order valence-electron chi connectivity index (χ3n) is 1.95. The molecule has 0 aromatic carbocycles. The molecule has 0 fully saturated rings. The molecule has 0 saturated heterocycles. The first-order chi connectivity index (χ1) is 5.70. The van der Waals surface area contributed by atoms with Crippen molar-refractivity contribution in [2.75, 3.05) is 26.2 Å². The minimum absolute atomic E-state index is 0.333. The summed E-state index contributed by atoms with van der Waals surface area (Å²) in [6, 6.07) is 0. The minimum Gasteiger partial charge on any atom is -0.396 e. The molecule has 0 radical (unpaired) electrons. The summed E-state index contributed by atoms with van der Waals surface area (Å²) in [4.78, 5) is 2.44. The van der Waals surface area contributed by atoms with Gasteiger partial charge in [0.2, 0.25) is 0 Å². The van der Waals surface area contributed by atoms with Crippen LogP contribution in [0.2, 0.25) is 0 Å². The van der Waals surface area contributed by atoms with Gasteiger partial charge in [-0.15, -0.1) is 0 Å². The lowest BCUT2D eigenvalue weighted by Gasteiger charge is -2.22. The van der Waals surface area contributed by atoms with Crippen molar-refractivity contribution in [3.8, 4) is 0 Å². The van der Waals surface area contributed by atoms with Crippen molar-refractivity contribution in [1.82, 2.24) is 4.90 Å². The van der Waals surface area contributed by atoms with Crippen molar-refractivity contribution < 1.29 is 5.11 Å². The van der Waals surface area contributed by atoms with Crippen LogP contribution in [-0.4, -0.2) is 36.2 Å². The van der Waals surface area contributed by atoms with Crippen LogP contribution < -0.4 is 0 Å². The van der Waals surface area contributed by atoms with Gasteiger partial charge in [0.1, 0.15) is 0 Å². The van der Waals surface area contributed by atoms with Gasteiger partial charge in [-0.05, 0) is 31.8 Å². The molecule has 0 heterocycles. The van der Waals surface area contributed by atoms with Gasteiger partial charge in [0.25, 0.3) is 0 Å². The first kappa shape index (κ1) is 11.9. The lowest BCUT2D eigenvalue weighted by Crippen LogP contribution is -2.28. The second-order valence-corrected chi connectivity index (χ2v) is 3.72. The molecule has 74 valence electrons. The summed E-state index contributed by atoms with van der Waals surface area (Å²) in [5.74, 6) is 0.749. The third kappa shape index (κ3) is 6.62. The highest BCUT2D eigenvalue weighted by atomic mass is 16.2. The summed E-state index contributed by atoms with van der Waals surface area (Å²) >= 11 is 0. The van der Waals surface area contributed by atoms with Gasteiger partial charge in [0.15, 0.2) is 0 Å². The van der Waals surface area contributed by atoms with E-state index in [4.69, 9.17) is 5.11 Å². The Hall–Kier alpha value is -0.0800. The molecule has 0 atom stereocenters. The number of nitrogens with zero attached hydrogens (tertiary/aromatic N) is 1. The van der Waals surface area contributed by atoms with Crippen LogP contribution in [0, 0.1) is 5.92 Å². The predicted octanol–water partition coefficient (Wildman–Crippen LogP) is 1.74. The van der Waals surface area contributed by atoms with E-state index in [9.17, 15) is 0 Å². The molecule has 0 amide bonds. The SMILES string of the molecule is CCN(CCCCO)CC(C)C. The van der Waals surface area contributed by atoms with E-state index in [0.717, 1.165) is 31.8 Å². The van der Waals surface area contributed by atoms with E-state index in [0.29, 0.717) is 6.61 Å². The van der Waals surface area contributed by atoms with E-state index in [1.807, 2.05) is 0 Å². The molecule has 0 bridgehead atoms. The summed E-state index contributed by atoms with van der Waals surface area (Å²) in [6.07, 6.45) is 2.06. The fraction of sp³-hybridized carbons (Fsp3) is 1.00. The van der Waals surface area contributed by atoms with Gasteiger partial charge >= 0.3 is 0 Å². The van der Waals surface area contributed by atoms with E-state index < -0.39 is 0 Å². The smallest absolute Gasteiger partial charge is 0.0431 e. The Kier molecular flexibility index (Phi) is 7.51. The largest absolute Gasteiger partial charge is 0.396 e. The first-order valence-electron chi connectivity index (χ1n) is 5.03. The molecule has 0 aromatic rings. The van der Waals surface area contributed by atoms with Crippen molar-refractivity contribution in [3.05, 3.63) is 0 Å². The van der Waals surface area contributed by atoms with Crippen molar-refractivity contribution in [2.45, 2.75) is 33.6 Å². The van der Waals surface area contributed by atoms with Crippen LogP contribution in [0.1, 0.15) is 33.6 Å². The number of unbranched alkanes of at least 4 members (excludes halogenated alkanes) is 1. The minimum atomic E-state index is 0.333. The van der Waals surface area contributed by atoms with Crippen molar-refractivity contribution in [2.24, 2.45) is 5.92 Å². The van der Waals surface area contributed by atoms with E-state index in [-0.39, 0.29) is 0 Å². The van der Waals surface area contributed by atoms with E-state index in [1.165, 1.54) is 6.54 Å². The second kappa shape index (κ2) is 7.56. The highest BCUT2D eigenvalue weighted by Crippen LogP contribution is 2.00. The fourth-order valence-electron chi connectivity index (χ4n) is 1.34. The molecular formula is C10H23NO.